The summed E-state index contributed by atoms with van der Waals surface area (Å²) >= 11 is 0.987. The van der Waals surface area contributed by atoms with Crippen LogP contribution in [0.4, 0.5) is 23.9 Å². The zero-order valence-corrected chi connectivity index (χ0v) is 21.5. The van der Waals surface area contributed by atoms with Gasteiger partial charge < -0.3 is 15.2 Å². The van der Waals surface area contributed by atoms with Crippen molar-refractivity contribution in [2.45, 2.75) is 20.0 Å². The number of thiophene rings is 1. The molecule has 8 nitrogen and oxygen atoms in total. The summed E-state index contributed by atoms with van der Waals surface area (Å²) < 4.78 is 46.0. The fourth-order valence-electron chi connectivity index (χ4n) is 3.95. The van der Waals surface area contributed by atoms with Gasteiger partial charge in [-0.3, -0.25) is 9.79 Å². The topological polar surface area (TPSA) is 117 Å². The van der Waals surface area contributed by atoms with Gasteiger partial charge in [-0.2, -0.15) is 18.4 Å². The molecule has 0 bridgehead atoms. The molecule has 0 aliphatic heterocycles. The third kappa shape index (κ3) is 5.21. The van der Waals surface area contributed by atoms with Crippen molar-refractivity contribution in [2.75, 3.05) is 18.5 Å². The third-order valence-corrected chi connectivity index (χ3v) is 6.77. The normalized spacial score (nSPS) is 11.6. The highest BCUT2D eigenvalue weighted by atomic mass is 32.1. The number of benzene rings is 2. The van der Waals surface area contributed by atoms with E-state index in [-0.39, 0.29) is 44.8 Å². The summed E-state index contributed by atoms with van der Waals surface area (Å²) in [5, 5.41) is 24.8. The van der Waals surface area contributed by atoms with E-state index < -0.39 is 29.1 Å². The van der Waals surface area contributed by atoms with Crippen molar-refractivity contribution >= 4 is 45.0 Å². The van der Waals surface area contributed by atoms with Gasteiger partial charge in [0.15, 0.2) is 0 Å². The number of alkyl halides is 3. The lowest BCUT2D eigenvalue weighted by Gasteiger charge is -2.15. The predicted molar refractivity (Wildman–Crippen MR) is 143 cm³/mol. The Balaban J connectivity index is 1.98. The SMILES string of the molecule is CCNc1sc(C(=O)OCC)c(N=Cc2c(O)n(-c3cccc(C(F)(F)F)c3)c(=O)c3ccccc23)c1C#N. The number of rotatable bonds is 7. The average Bonchev–Trinajstić information content (AvgIpc) is 3.26. The van der Waals surface area contributed by atoms with E-state index in [1.165, 1.54) is 18.3 Å². The van der Waals surface area contributed by atoms with E-state index in [1.807, 2.05) is 13.0 Å². The summed E-state index contributed by atoms with van der Waals surface area (Å²) in [4.78, 5) is 30.3. The molecule has 0 spiro atoms. The molecule has 200 valence electrons. The summed E-state index contributed by atoms with van der Waals surface area (Å²) in [6, 6.07) is 12.2. The minimum atomic E-state index is -4.67. The molecule has 0 atom stereocenters. The Labute approximate surface area is 224 Å². The molecule has 0 fully saturated rings. The Kier molecular flexibility index (Phi) is 7.73. The van der Waals surface area contributed by atoms with Crippen LogP contribution in [0.2, 0.25) is 0 Å². The van der Waals surface area contributed by atoms with E-state index in [9.17, 15) is 33.1 Å². The molecule has 2 heterocycles. The number of carbonyl (C=O) groups excluding carboxylic acids is 1. The van der Waals surface area contributed by atoms with Crippen molar-refractivity contribution in [1.29, 1.82) is 5.26 Å². The van der Waals surface area contributed by atoms with Gasteiger partial charge >= 0.3 is 12.1 Å². The quantitative estimate of drug-likeness (QED) is 0.214. The molecule has 0 amide bonds. The van der Waals surface area contributed by atoms with Gasteiger partial charge in [0.2, 0.25) is 5.88 Å². The smallest absolute Gasteiger partial charge is 0.416 e. The minimum absolute atomic E-state index is 0.00230. The maximum absolute atomic E-state index is 13.4. The second kappa shape index (κ2) is 11.0. The lowest BCUT2D eigenvalue weighted by atomic mass is 10.1. The molecule has 0 saturated heterocycles. The molecule has 0 aliphatic carbocycles. The Morgan fingerprint density at radius 1 is 1.21 bits per heavy atom. The molecular formula is C27H21F3N4O4S. The van der Waals surface area contributed by atoms with Crippen LogP contribution in [0.15, 0.2) is 58.3 Å². The first-order valence-electron chi connectivity index (χ1n) is 11.7. The Morgan fingerprint density at radius 3 is 2.56 bits per heavy atom. The zero-order valence-electron chi connectivity index (χ0n) is 20.7. The predicted octanol–water partition coefficient (Wildman–Crippen LogP) is 6.01. The number of nitriles is 1. The monoisotopic (exact) mass is 554 g/mol. The maximum atomic E-state index is 13.4. The van der Waals surface area contributed by atoms with E-state index in [1.54, 1.807) is 25.1 Å². The van der Waals surface area contributed by atoms with Crippen LogP contribution in [-0.4, -0.2) is 35.0 Å². The average molecular weight is 555 g/mol. The zero-order chi connectivity index (χ0) is 28.3. The molecule has 39 heavy (non-hydrogen) atoms. The maximum Gasteiger partial charge on any atom is 0.416 e. The molecule has 4 rings (SSSR count). The van der Waals surface area contributed by atoms with Gasteiger partial charge in [-0.15, -0.1) is 11.3 Å². The molecule has 2 aromatic carbocycles. The summed E-state index contributed by atoms with van der Waals surface area (Å²) in [6.07, 6.45) is -3.50. The summed E-state index contributed by atoms with van der Waals surface area (Å²) in [5.74, 6) is -1.36. The number of ether oxygens (including phenoxy) is 1. The summed E-state index contributed by atoms with van der Waals surface area (Å²) in [5.41, 5.74) is -1.87. The van der Waals surface area contributed by atoms with Gasteiger partial charge in [-0.05, 0) is 38.1 Å². The van der Waals surface area contributed by atoms with Crippen LogP contribution in [0.3, 0.4) is 0 Å². The van der Waals surface area contributed by atoms with Gasteiger partial charge in [0.05, 0.1) is 23.4 Å². The minimum Gasteiger partial charge on any atom is -0.494 e. The molecule has 0 saturated carbocycles. The standard InChI is InChI=1S/C27H21F3N4O4S/c1-3-32-23-19(13-31)21(22(39-23)26(37)38-4-2)33-14-20-17-10-5-6-11-18(17)24(35)34(25(20)36)16-9-7-8-15(12-16)27(28,29)30/h5-12,14,32,36H,3-4H2,1-2H3. The van der Waals surface area contributed by atoms with Crippen LogP contribution in [0.1, 0.15) is 40.2 Å². The van der Waals surface area contributed by atoms with Gasteiger partial charge in [-0.1, -0.05) is 24.3 Å². The first-order chi connectivity index (χ1) is 18.6. The highest BCUT2D eigenvalue weighted by molar-refractivity contribution is 7.18. The van der Waals surface area contributed by atoms with Crippen molar-refractivity contribution in [3.63, 3.8) is 0 Å². The second-order valence-electron chi connectivity index (χ2n) is 8.08. The second-order valence-corrected chi connectivity index (χ2v) is 9.10. The molecule has 0 aliphatic rings. The number of fused-ring (bicyclic) bond motifs is 1. The molecule has 4 aromatic rings. The van der Waals surface area contributed by atoms with E-state index in [4.69, 9.17) is 4.74 Å². The number of pyridine rings is 1. The van der Waals surface area contributed by atoms with Crippen molar-refractivity contribution in [2.24, 2.45) is 4.99 Å². The number of hydrogen-bond acceptors (Lipinski definition) is 8. The van der Waals surface area contributed by atoms with Crippen molar-refractivity contribution in [3.8, 4) is 17.6 Å². The number of aromatic nitrogens is 1. The molecule has 0 radical (unpaired) electrons. The van der Waals surface area contributed by atoms with Crippen LogP contribution >= 0.6 is 11.3 Å². The number of nitrogens with zero attached hydrogens (tertiary/aromatic N) is 3. The highest BCUT2D eigenvalue weighted by Gasteiger charge is 2.31. The molecule has 2 aromatic heterocycles. The fourth-order valence-corrected chi connectivity index (χ4v) is 5.01. The first kappa shape index (κ1) is 27.4. The van der Waals surface area contributed by atoms with Crippen molar-refractivity contribution < 1.29 is 27.8 Å². The van der Waals surface area contributed by atoms with Gasteiger partial charge in [0.1, 0.15) is 27.2 Å². The number of anilines is 1. The lowest BCUT2D eigenvalue weighted by Crippen LogP contribution is -2.20. The Hall–Kier alpha value is -4.63. The van der Waals surface area contributed by atoms with Gasteiger partial charge in [0, 0.05) is 23.5 Å². The van der Waals surface area contributed by atoms with Crippen LogP contribution < -0.4 is 10.9 Å². The molecular weight excluding hydrogens is 533 g/mol. The van der Waals surface area contributed by atoms with Gasteiger partial charge in [0.25, 0.3) is 5.56 Å². The van der Waals surface area contributed by atoms with Crippen LogP contribution in [0.5, 0.6) is 5.88 Å². The molecule has 2 N–H and O–H groups in total. The Bertz CT molecular complexity index is 1700. The number of aromatic hydroxyl groups is 1. The van der Waals surface area contributed by atoms with E-state index >= 15 is 0 Å². The summed E-state index contributed by atoms with van der Waals surface area (Å²) in [6.45, 7) is 4.00. The first-order valence-corrected chi connectivity index (χ1v) is 12.5. The number of aliphatic imine (C=N–C) groups is 1. The van der Waals surface area contributed by atoms with Crippen molar-refractivity contribution in [1.82, 2.24) is 4.57 Å². The fraction of sp³-hybridized carbons (Fsp3) is 0.185. The molecule has 0 unspecified atom stereocenters. The molecule has 12 heteroatoms. The van der Waals surface area contributed by atoms with E-state index in [0.29, 0.717) is 11.5 Å². The van der Waals surface area contributed by atoms with E-state index in [2.05, 4.69) is 10.3 Å². The number of halogens is 3. The van der Waals surface area contributed by atoms with Crippen LogP contribution in [-0.2, 0) is 10.9 Å². The third-order valence-electron chi connectivity index (χ3n) is 5.65. The van der Waals surface area contributed by atoms with Crippen LogP contribution in [0.25, 0.3) is 16.5 Å². The summed E-state index contributed by atoms with van der Waals surface area (Å²) in [7, 11) is 0. The van der Waals surface area contributed by atoms with Crippen molar-refractivity contribution in [3.05, 3.63) is 80.5 Å². The number of esters is 1. The van der Waals surface area contributed by atoms with E-state index in [0.717, 1.165) is 34.1 Å². The number of hydrogen-bond donors (Lipinski definition) is 2. The van der Waals surface area contributed by atoms with Gasteiger partial charge in [-0.25, -0.2) is 9.36 Å². The highest BCUT2D eigenvalue weighted by Crippen LogP contribution is 2.40. The lowest BCUT2D eigenvalue weighted by molar-refractivity contribution is -0.137. The largest absolute Gasteiger partial charge is 0.494 e. The Morgan fingerprint density at radius 2 is 1.92 bits per heavy atom. The number of carbonyl (C=O) groups is 1. The number of nitrogens with one attached hydrogen (secondary N) is 1. The van der Waals surface area contributed by atoms with Crippen LogP contribution in [0, 0.1) is 11.3 Å².